The highest BCUT2D eigenvalue weighted by atomic mass is 32.2. The summed E-state index contributed by atoms with van der Waals surface area (Å²) in [5, 5.41) is 5.20. The molecule has 0 bridgehead atoms. The Morgan fingerprint density at radius 3 is 2.71 bits per heavy atom. The number of anilines is 1. The predicted octanol–water partition coefficient (Wildman–Crippen LogP) is 2.93. The topological polar surface area (TPSA) is 49.4 Å². The monoisotopic (exact) mass is 322 g/mol. The van der Waals surface area contributed by atoms with Gasteiger partial charge in [0.2, 0.25) is 10.0 Å². The van der Waals surface area contributed by atoms with Gasteiger partial charge in [0.15, 0.2) is 0 Å². The van der Waals surface area contributed by atoms with Crippen molar-refractivity contribution in [1.82, 2.24) is 4.31 Å². The van der Waals surface area contributed by atoms with Gasteiger partial charge in [-0.1, -0.05) is 0 Å². The minimum Gasteiger partial charge on any atom is -0.385 e. The number of hydrogen-bond donors (Lipinski definition) is 1. The van der Waals surface area contributed by atoms with Crippen molar-refractivity contribution in [3.63, 3.8) is 0 Å². The lowest BCUT2D eigenvalue weighted by Crippen LogP contribution is -2.35. The van der Waals surface area contributed by atoms with Crippen LogP contribution in [-0.2, 0) is 23.0 Å². The number of thiophene rings is 1. The fraction of sp³-hybridized carbons (Fsp3) is 0.333. The van der Waals surface area contributed by atoms with E-state index in [4.69, 9.17) is 0 Å². The third-order valence-corrected chi connectivity index (χ3v) is 6.53. The zero-order chi connectivity index (χ0) is 14.9. The molecule has 6 heteroatoms. The summed E-state index contributed by atoms with van der Waals surface area (Å²) in [4.78, 5) is 1.67. The van der Waals surface area contributed by atoms with Crippen molar-refractivity contribution in [2.45, 2.75) is 24.8 Å². The molecule has 3 rings (SSSR count). The van der Waals surface area contributed by atoms with Crippen molar-refractivity contribution in [2.24, 2.45) is 0 Å². The molecule has 0 saturated carbocycles. The molecule has 1 aromatic carbocycles. The maximum Gasteiger partial charge on any atom is 0.243 e. The van der Waals surface area contributed by atoms with E-state index in [0.29, 0.717) is 18.0 Å². The van der Waals surface area contributed by atoms with Crippen LogP contribution in [0, 0.1) is 0 Å². The van der Waals surface area contributed by atoms with Crippen molar-refractivity contribution < 1.29 is 8.42 Å². The molecular weight excluding hydrogens is 304 g/mol. The van der Waals surface area contributed by atoms with Gasteiger partial charge in [-0.15, -0.1) is 11.3 Å². The van der Waals surface area contributed by atoms with Crippen LogP contribution in [0.25, 0.3) is 0 Å². The first kappa shape index (κ1) is 14.6. The number of nitrogens with one attached hydrogen (secondary N) is 1. The van der Waals surface area contributed by atoms with E-state index >= 15 is 0 Å². The molecule has 0 unspecified atom stereocenters. The summed E-state index contributed by atoms with van der Waals surface area (Å²) in [7, 11) is -3.40. The molecule has 1 N–H and O–H groups in total. The molecule has 1 aliphatic heterocycles. The van der Waals surface area contributed by atoms with Crippen LogP contribution in [0.1, 0.15) is 17.4 Å². The molecule has 1 aromatic heterocycles. The third kappa shape index (κ3) is 2.84. The zero-order valence-electron chi connectivity index (χ0n) is 11.9. The lowest BCUT2D eigenvalue weighted by atomic mass is 10.1. The Labute approximate surface area is 129 Å². The molecule has 0 fully saturated rings. The zero-order valence-corrected chi connectivity index (χ0v) is 13.5. The van der Waals surface area contributed by atoms with Crippen LogP contribution >= 0.6 is 11.3 Å². The van der Waals surface area contributed by atoms with Crippen molar-refractivity contribution in [1.29, 1.82) is 0 Å². The first-order chi connectivity index (χ1) is 10.1. The van der Waals surface area contributed by atoms with E-state index in [-0.39, 0.29) is 0 Å². The van der Waals surface area contributed by atoms with Gasteiger partial charge in [-0.05, 0) is 54.6 Å². The first-order valence-electron chi connectivity index (χ1n) is 7.00. The van der Waals surface area contributed by atoms with Gasteiger partial charge in [0.25, 0.3) is 0 Å². The number of sulfonamides is 1. The molecule has 0 aliphatic carbocycles. The highest BCUT2D eigenvalue weighted by Crippen LogP contribution is 2.28. The highest BCUT2D eigenvalue weighted by Gasteiger charge is 2.28. The summed E-state index contributed by atoms with van der Waals surface area (Å²) in [6, 6.07) is 9.01. The second-order valence-corrected chi connectivity index (χ2v) is 7.95. The summed E-state index contributed by atoms with van der Waals surface area (Å²) in [6.45, 7) is 3.87. The van der Waals surface area contributed by atoms with Gasteiger partial charge in [-0.2, -0.15) is 4.31 Å². The molecule has 4 nitrogen and oxygen atoms in total. The van der Waals surface area contributed by atoms with Crippen molar-refractivity contribution >= 4 is 27.0 Å². The predicted molar refractivity (Wildman–Crippen MR) is 86.2 cm³/mol. The molecule has 0 radical (unpaired) electrons. The minimum absolute atomic E-state index is 0.364. The van der Waals surface area contributed by atoms with Gasteiger partial charge in [0.05, 0.1) is 4.90 Å². The van der Waals surface area contributed by atoms with Crippen LogP contribution in [0.2, 0.25) is 0 Å². The Balaban J connectivity index is 1.84. The number of fused-ring (bicyclic) bond motifs is 1. The minimum atomic E-state index is -3.40. The molecule has 0 saturated heterocycles. The summed E-state index contributed by atoms with van der Waals surface area (Å²) >= 11 is 1.71. The standard InChI is InChI=1S/C15H18N2O2S2/c1-2-16-13-3-5-14(6-4-13)21(18,19)17-9-7-15-12(11-17)8-10-20-15/h3-6,8,10,16H,2,7,9,11H2,1H3. The van der Waals surface area contributed by atoms with Crippen LogP contribution < -0.4 is 5.32 Å². The lowest BCUT2D eigenvalue weighted by molar-refractivity contribution is 0.394. The van der Waals surface area contributed by atoms with E-state index in [2.05, 4.69) is 5.32 Å². The quantitative estimate of drug-likeness (QED) is 0.941. The normalized spacial score (nSPS) is 15.7. The first-order valence-corrected chi connectivity index (χ1v) is 9.32. The average Bonchev–Trinajstić information content (AvgIpc) is 2.95. The van der Waals surface area contributed by atoms with E-state index < -0.39 is 10.0 Å². The third-order valence-electron chi connectivity index (χ3n) is 3.65. The fourth-order valence-corrected chi connectivity index (χ4v) is 4.83. The SMILES string of the molecule is CCNc1ccc(S(=O)(=O)N2CCc3sccc3C2)cc1. The Hall–Kier alpha value is -1.37. The van der Waals surface area contributed by atoms with Crippen molar-refractivity contribution in [2.75, 3.05) is 18.4 Å². The Morgan fingerprint density at radius 2 is 2.00 bits per heavy atom. The fourth-order valence-electron chi connectivity index (χ4n) is 2.53. The molecule has 1 aliphatic rings. The molecule has 21 heavy (non-hydrogen) atoms. The van der Waals surface area contributed by atoms with Crippen LogP contribution in [0.5, 0.6) is 0 Å². The van der Waals surface area contributed by atoms with Crippen LogP contribution in [0.3, 0.4) is 0 Å². The molecule has 0 amide bonds. The maximum atomic E-state index is 12.7. The van der Waals surface area contributed by atoms with Crippen LogP contribution in [0.4, 0.5) is 5.69 Å². The molecule has 112 valence electrons. The van der Waals surface area contributed by atoms with Crippen LogP contribution in [-0.4, -0.2) is 25.8 Å². The van der Waals surface area contributed by atoms with E-state index in [0.717, 1.165) is 24.2 Å². The second kappa shape index (κ2) is 5.79. The summed E-state index contributed by atoms with van der Waals surface area (Å²) in [5.74, 6) is 0. The number of rotatable bonds is 4. The van der Waals surface area contributed by atoms with Gasteiger partial charge in [0.1, 0.15) is 0 Å². The van der Waals surface area contributed by atoms with Gasteiger partial charge in [-0.3, -0.25) is 0 Å². The van der Waals surface area contributed by atoms with Crippen molar-refractivity contribution in [3.05, 3.63) is 46.2 Å². The average molecular weight is 322 g/mol. The van der Waals surface area contributed by atoms with Gasteiger partial charge >= 0.3 is 0 Å². The van der Waals surface area contributed by atoms with E-state index in [9.17, 15) is 8.42 Å². The Kier molecular flexibility index (Phi) is 4.01. The smallest absolute Gasteiger partial charge is 0.243 e. The van der Waals surface area contributed by atoms with Crippen molar-refractivity contribution in [3.8, 4) is 0 Å². The highest BCUT2D eigenvalue weighted by molar-refractivity contribution is 7.89. The number of benzene rings is 1. The van der Waals surface area contributed by atoms with Gasteiger partial charge in [-0.25, -0.2) is 8.42 Å². The van der Waals surface area contributed by atoms with Gasteiger partial charge < -0.3 is 5.32 Å². The largest absolute Gasteiger partial charge is 0.385 e. The summed E-state index contributed by atoms with van der Waals surface area (Å²) < 4.78 is 27.0. The van der Waals surface area contributed by atoms with E-state index in [1.54, 1.807) is 27.8 Å². The molecular formula is C15H18N2O2S2. The second-order valence-electron chi connectivity index (χ2n) is 5.01. The van der Waals surface area contributed by atoms with E-state index in [1.807, 2.05) is 30.5 Å². The molecule has 0 spiro atoms. The van der Waals surface area contributed by atoms with E-state index in [1.165, 1.54) is 4.88 Å². The number of nitrogens with zero attached hydrogens (tertiary/aromatic N) is 1. The summed E-state index contributed by atoms with van der Waals surface area (Å²) in [5.41, 5.74) is 2.08. The maximum absolute atomic E-state index is 12.7. The lowest BCUT2D eigenvalue weighted by Gasteiger charge is -2.26. The summed E-state index contributed by atoms with van der Waals surface area (Å²) in [6.07, 6.45) is 0.807. The number of hydrogen-bond acceptors (Lipinski definition) is 4. The van der Waals surface area contributed by atoms with Gasteiger partial charge in [0, 0.05) is 30.2 Å². The molecule has 2 aromatic rings. The van der Waals surface area contributed by atoms with Crippen LogP contribution in [0.15, 0.2) is 40.6 Å². The molecule has 2 heterocycles. The Morgan fingerprint density at radius 1 is 1.24 bits per heavy atom. The molecule has 0 atom stereocenters. The Bertz CT molecular complexity index is 720.